The monoisotopic (exact) mass is 759 g/mol. The van der Waals surface area contributed by atoms with Gasteiger partial charge >= 0.3 is 12.0 Å². The molecule has 292 valence electrons. The Bertz CT molecular complexity index is 2070. The molecular weight excluding hydrogens is 711 g/mol. The van der Waals surface area contributed by atoms with E-state index >= 15 is 0 Å². The molecule has 2 unspecified atom stereocenters. The van der Waals surface area contributed by atoms with Gasteiger partial charge in [-0.05, 0) is 42.9 Å². The van der Waals surface area contributed by atoms with Crippen molar-refractivity contribution in [1.82, 2.24) is 25.8 Å². The lowest BCUT2D eigenvalue weighted by molar-refractivity contribution is -0.144. The number of nitrogens with one attached hydrogen (secondary N) is 3. The van der Waals surface area contributed by atoms with Gasteiger partial charge in [0.15, 0.2) is 0 Å². The van der Waals surface area contributed by atoms with Gasteiger partial charge in [-0.15, -0.1) is 6.58 Å². The molecule has 2 heterocycles. The van der Waals surface area contributed by atoms with E-state index in [0.717, 1.165) is 36.8 Å². The number of likely N-dealkylation sites (tertiary alicyclic amines) is 1. The molecule has 4 aromatic rings. The maximum Gasteiger partial charge on any atom is 0.330 e. The molecule has 12 heteroatoms. The Hall–Kier alpha value is -5.91. The lowest BCUT2D eigenvalue weighted by Gasteiger charge is -2.28. The second kappa shape index (κ2) is 16.8. The van der Waals surface area contributed by atoms with E-state index in [1.807, 2.05) is 84.9 Å². The van der Waals surface area contributed by atoms with Gasteiger partial charge in [0.25, 0.3) is 0 Å². The quantitative estimate of drug-likeness (QED) is 0.116. The third-order valence-corrected chi connectivity index (χ3v) is 11.4. The number of nitrogens with zero attached hydrogens (tertiary/aromatic N) is 2. The molecule has 2 saturated carbocycles. The zero-order valence-corrected chi connectivity index (χ0v) is 31.6. The average Bonchev–Trinajstić information content (AvgIpc) is 3.79. The van der Waals surface area contributed by atoms with Gasteiger partial charge in [-0.25, -0.2) is 14.6 Å². The van der Waals surface area contributed by atoms with Crippen LogP contribution in [0.25, 0.3) is 22.2 Å². The molecule has 1 aromatic heterocycles. The van der Waals surface area contributed by atoms with E-state index in [2.05, 4.69) is 22.5 Å². The summed E-state index contributed by atoms with van der Waals surface area (Å²) >= 11 is 0. The van der Waals surface area contributed by atoms with Gasteiger partial charge in [-0.2, -0.15) is 0 Å². The fraction of sp³-hybridized carbons (Fsp3) is 0.386. The maximum absolute atomic E-state index is 14.4. The number of aliphatic carboxylic acids is 1. The molecule has 3 aliphatic rings. The fourth-order valence-electron chi connectivity index (χ4n) is 8.06. The Kier molecular flexibility index (Phi) is 11.5. The highest BCUT2D eigenvalue weighted by molar-refractivity contribution is 5.95. The van der Waals surface area contributed by atoms with E-state index in [1.165, 1.54) is 17.4 Å². The van der Waals surface area contributed by atoms with Gasteiger partial charge in [0.05, 0.1) is 24.9 Å². The zero-order valence-electron chi connectivity index (χ0n) is 31.6. The van der Waals surface area contributed by atoms with Gasteiger partial charge < -0.3 is 35.4 Å². The number of carbonyl (C=O) groups is 4. The SMILES string of the molecule is C=CC1CC1(NC(=O)[C@@H]1C[C@@H](Oc2cc(-c3ccccc3)nc3cc(OC)ccc23)CN1C(=O)N[C@@H](Cc1ccccc1)C(=O)NCC1CCCCC1)C(=O)O. The first kappa shape index (κ1) is 38.4. The van der Waals surface area contributed by atoms with Crippen molar-refractivity contribution in [1.29, 1.82) is 0 Å². The number of carbonyl (C=O) groups excluding carboxylic acids is 3. The molecule has 4 N–H and O–H groups in total. The van der Waals surface area contributed by atoms with Gasteiger partial charge in [0.2, 0.25) is 11.8 Å². The van der Waals surface area contributed by atoms with Gasteiger partial charge in [-0.3, -0.25) is 9.59 Å². The van der Waals surface area contributed by atoms with Crippen molar-refractivity contribution < 1.29 is 33.8 Å². The second-order valence-corrected chi connectivity index (χ2v) is 15.2. The summed E-state index contributed by atoms with van der Waals surface area (Å²) < 4.78 is 12.2. The Balaban J connectivity index is 1.17. The second-order valence-electron chi connectivity index (χ2n) is 15.2. The summed E-state index contributed by atoms with van der Waals surface area (Å²) in [5, 5.41) is 19.6. The highest BCUT2D eigenvalue weighted by Gasteiger charge is 2.61. The Morgan fingerprint density at radius 2 is 1.73 bits per heavy atom. The maximum atomic E-state index is 14.4. The number of amides is 4. The van der Waals surface area contributed by atoms with Crippen molar-refractivity contribution in [2.75, 3.05) is 20.2 Å². The molecule has 7 rings (SSSR count). The molecule has 1 aliphatic heterocycles. The smallest absolute Gasteiger partial charge is 0.330 e. The lowest BCUT2D eigenvalue weighted by atomic mass is 9.89. The summed E-state index contributed by atoms with van der Waals surface area (Å²) in [5.41, 5.74) is 1.54. The molecular formula is C44H49N5O7. The van der Waals surface area contributed by atoms with Crippen LogP contribution in [0.1, 0.15) is 50.5 Å². The number of fused-ring (bicyclic) bond motifs is 1. The number of carboxylic acid groups (broad SMARTS) is 1. The van der Waals surface area contributed by atoms with Crippen LogP contribution < -0.4 is 25.4 Å². The summed E-state index contributed by atoms with van der Waals surface area (Å²) in [6.45, 7) is 4.27. The van der Waals surface area contributed by atoms with E-state index in [4.69, 9.17) is 14.5 Å². The van der Waals surface area contributed by atoms with Crippen molar-refractivity contribution >= 4 is 34.7 Å². The van der Waals surface area contributed by atoms with Gasteiger partial charge in [0, 0.05) is 48.4 Å². The third-order valence-electron chi connectivity index (χ3n) is 11.4. The number of carboxylic acids is 1. The molecule has 56 heavy (non-hydrogen) atoms. The van der Waals surface area contributed by atoms with Crippen molar-refractivity contribution in [3.63, 3.8) is 0 Å². The summed E-state index contributed by atoms with van der Waals surface area (Å²) in [4.78, 5) is 60.9. The average molecular weight is 760 g/mol. The van der Waals surface area contributed by atoms with Crippen molar-refractivity contribution in [2.24, 2.45) is 11.8 Å². The number of urea groups is 1. The van der Waals surface area contributed by atoms with Crippen LogP contribution in [0.5, 0.6) is 11.5 Å². The largest absolute Gasteiger partial charge is 0.497 e. The number of hydrogen-bond acceptors (Lipinski definition) is 7. The molecule has 0 bridgehead atoms. The number of methoxy groups -OCH3 is 1. The predicted octanol–water partition coefficient (Wildman–Crippen LogP) is 5.90. The van der Waals surface area contributed by atoms with Crippen LogP contribution >= 0.6 is 0 Å². The van der Waals surface area contributed by atoms with E-state index in [-0.39, 0.29) is 31.7 Å². The molecule has 3 aromatic carbocycles. The third kappa shape index (κ3) is 8.49. The molecule has 12 nitrogen and oxygen atoms in total. The topological polar surface area (TPSA) is 159 Å². The van der Waals surface area contributed by atoms with Crippen molar-refractivity contribution in [3.8, 4) is 22.8 Å². The summed E-state index contributed by atoms with van der Waals surface area (Å²) in [5.74, 6) is -1.01. The van der Waals surface area contributed by atoms with Crippen molar-refractivity contribution in [2.45, 2.75) is 75.1 Å². The van der Waals surface area contributed by atoms with Crippen molar-refractivity contribution in [3.05, 3.63) is 103 Å². The molecule has 4 amide bonds. The summed E-state index contributed by atoms with van der Waals surface area (Å²) in [6, 6.07) is 23.8. The van der Waals surface area contributed by atoms with Crippen LogP contribution in [-0.2, 0) is 20.8 Å². The first-order valence-corrected chi connectivity index (χ1v) is 19.4. The molecule has 5 atom stereocenters. The molecule has 0 spiro atoms. The van der Waals surface area contributed by atoms with E-state index < -0.39 is 47.6 Å². The van der Waals surface area contributed by atoms with Crippen LogP contribution in [0.3, 0.4) is 0 Å². The Labute approximate surface area is 326 Å². The first-order valence-electron chi connectivity index (χ1n) is 19.4. The van der Waals surface area contributed by atoms with Gasteiger partial charge in [-0.1, -0.05) is 86.0 Å². The number of ether oxygens (including phenoxy) is 2. The molecule has 1 saturated heterocycles. The zero-order chi connectivity index (χ0) is 39.2. The van der Waals surface area contributed by atoms with E-state index in [0.29, 0.717) is 40.6 Å². The Morgan fingerprint density at radius 1 is 1.00 bits per heavy atom. The fourth-order valence-corrected chi connectivity index (χ4v) is 8.06. The number of aromatic nitrogens is 1. The molecule has 2 aliphatic carbocycles. The minimum atomic E-state index is -1.50. The minimum absolute atomic E-state index is 0.00271. The van der Waals surface area contributed by atoms with Gasteiger partial charge in [0.1, 0.15) is 35.2 Å². The normalized spacial score (nSPS) is 22.4. The van der Waals surface area contributed by atoms with Crippen LogP contribution in [-0.4, -0.2) is 82.7 Å². The summed E-state index contributed by atoms with van der Waals surface area (Å²) in [6.07, 6.45) is 6.96. The van der Waals surface area contributed by atoms with Crippen LogP contribution in [0.4, 0.5) is 4.79 Å². The summed E-state index contributed by atoms with van der Waals surface area (Å²) in [7, 11) is 1.58. The number of rotatable bonds is 14. The first-order chi connectivity index (χ1) is 27.2. The highest BCUT2D eigenvalue weighted by atomic mass is 16.5. The number of benzene rings is 3. The number of pyridine rings is 1. The Morgan fingerprint density at radius 3 is 2.41 bits per heavy atom. The predicted molar refractivity (Wildman–Crippen MR) is 212 cm³/mol. The lowest BCUT2D eigenvalue weighted by Crippen LogP contribution is -2.57. The highest BCUT2D eigenvalue weighted by Crippen LogP contribution is 2.45. The number of hydrogen-bond donors (Lipinski definition) is 4. The van der Waals surface area contributed by atoms with Crippen LogP contribution in [0.2, 0.25) is 0 Å². The van der Waals surface area contributed by atoms with Crippen LogP contribution in [0.15, 0.2) is 97.6 Å². The van der Waals surface area contributed by atoms with Crippen LogP contribution in [0, 0.1) is 11.8 Å². The molecule has 3 fully saturated rings. The molecule has 0 radical (unpaired) electrons. The van der Waals surface area contributed by atoms with E-state index in [9.17, 15) is 24.3 Å². The standard InChI is InChI=1S/C44H49N5O7/c1-3-31-25-44(31,42(52)53)48-41(51)38-23-33(56-39-24-35(30-17-11-6-12-18-30)46-36-22-32(55-2)19-20-34(36)39)27-49(38)43(54)47-37(21-28-13-7-4-8-14-28)40(50)45-26-29-15-9-5-10-16-29/h3-4,6-8,11-14,17-20,22,24,29,31,33,37-38H,1,5,9-10,15-16,21,23,25-27H2,2H3,(H,45,50)(H,47,54)(H,48,51)(H,52,53)/t31?,33-,37+,38+,44?/m1/s1. The minimum Gasteiger partial charge on any atom is -0.497 e. The van der Waals surface area contributed by atoms with E-state index in [1.54, 1.807) is 7.11 Å².